The Morgan fingerprint density at radius 1 is 1.16 bits per heavy atom. The van der Waals surface area contributed by atoms with Crippen molar-refractivity contribution in [3.05, 3.63) is 12.1 Å². The molecule has 0 radical (unpaired) electrons. The molecule has 1 saturated carbocycles. The van der Waals surface area contributed by atoms with Crippen LogP contribution in [0.2, 0.25) is 0 Å². The van der Waals surface area contributed by atoms with Crippen LogP contribution in [-0.2, 0) is 0 Å². The lowest BCUT2D eigenvalue weighted by Gasteiger charge is -2.28. The van der Waals surface area contributed by atoms with Crippen LogP contribution in [0.1, 0.15) is 32.6 Å². The largest absolute Gasteiger partial charge is 0.488 e. The van der Waals surface area contributed by atoms with Crippen LogP contribution in [0.4, 0.5) is 5.69 Å². The minimum atomic E-state index is 0.272. The molecule has 1 aliphatic carbocycles. The van der Waals surface area contributed by atoms with Crippen LogP contribution in [-0.4, -0.2) is 19.3 Å². The maximum absolute atomic E-state index is 6.06. The summed E-state index contributed by atoms with van der Waals surface area (Å²) in [5.74, 6) is 2.91. The van der Waals surface area contributed by atoms with Gasteiger partial charge in [0.05, 0.1) is 11.8 Å². The first-order chi connectivity index (χ1) is 9.22. The monoisotopic (exact) mass is 263 g/mol. The molecule has 4 heteroatoms. The van der Waals surface area contributed by atoms with E-state index in [4.69, 9.17) is 19.9 Å². The number of nitrogens with two attached hydrogens (primary N) is 1. The second-order valence-corrected chi connectivity index (χ2v) is 5.55. The fourth-order valence-electron chi connectivity index (χ4n) is 2.85. The van der Waals surface area contributed by atoms with E-state index in [0.29, 0.717) is 24.7 Å². The molecule has 1 aromatic carbocycles. The van der Waals surface area contributed by atoms with Gasteiger partial charge in [-0.05, 0) is 25.2 Å². The third-order valence-electron chi connectivity index (χ3n) is 3.86. The molecule has 2 unspecified atom stereocenters. The molecular formula is C15H21NO3. The van der Waals surface area contributed by atoms with Gasteiger partial charge in [-0.1, -0.05) is 13.3 Å². The number of nitrogen functional groups attached to an aromatic ring is 1. The molecule has 1 fully saturated rings. The fourth-order valence-corrected chi connectivity index (χ4v) is 2.85. The molecule has 0 aromatic heterocycles. The van der Waals surface area contributed by atoms with Crippen molar-refractivity contribution in [3.8, 4) is 17.2 Å². The number of ether oxygens (including phenoxy) is 3. The van der Waals surface area contributed by atoms with Crippen molar-refractivity contribution in [2.45, 2.75) is 38.7 Å². The van der Waals surface area contributed by atoms with Crippen molar-refractivity contribution in [2.24, 2.45) is 5.92 Å². The Morgan fingerprint density at radius 3 is 2.63 bits per heavy atom. The summed E-state index contributed by atoms with van der Waals surface area (Å²) >= 11 is 0. The first-order valence-corrected chi connectivity index (χ1v) is 7.08. The van der Waals surface area contributed by atoms with E-state index in [2.05, 4.69) is 6.92 Å². The van der Waals surface area contributed by atoms with Crippen molar-refractivity contribution >= 4 is 5.69 Å². The summed E-state index contributed by atoms with van der Waals surface area (Å²) in [6.45, 7) is 3.44. The molecule has 4 nitrogen and oxygen atoms in total. The summed E-state index contributed by atoms with van der Waals surface area (Å²) in [6, 6.07) is 3.67. The van der Waals surface area contributed by atoms with Gasteiger partial charge in [0, 0.05) is 12.1 Å². The van der Waals surface area contributed by atoms with Gasteiger partial charge in [0.2, 0.25) is 0 Å². The summed E-state index contributed by atoms with van der Waals surface area (Å²) in [4.78, 5) is 0. The van der Waals surface area contributed by atoms with Gasteiger partial charge in [0.15, 0.2) is 11.5 Å². The summed E-state index contributed by atoms with van der Waals surface area (Å²) in [5.41, 5.74) is 6.66. The summed E-state index contributed by atoms with van der Waals surface area (Å²) in [5, 5.41) is 0. The van der Waals surface area contributed by atoms with Crippen molar-refractivity contribution in [1.29, 1.82) is 0 Å². The van der Waals surface area contributed by atoms with Crippen LogP contribution in [0.15, 0.2) is 12.1 Å². The molecule has 0 saturated heterocycles. The molecule has 0 spiro atoms. The van der Waals surface area contributed by atoms with Gasteiger partial charge in [-0.25, -0.2) is 0 Å². The minimum absolute atomic E-state index is 0.272. The van der Waals surface area contributed by atoms with Crippen LogP contribution in [0.3, 0.4) is 0 Å². The molecule has 104 valence electrons. The molecule has 1 aliphatic heterocycles. The summed E-state index contributed by atoms with van der Waals surface area (Å²) < 4.78 is 17.1. The van der Waals surface area contributed by atoms with Crippen LogP contribution in [0.5, 0.6) is 17.2 Å². The highest BCUT2D eigenvalue weighted by molar-refractivity contribution is 5.62. The van der Waals surface area contributed by atoms with E-state index < -0.39 is 0 Å². The fraction of sp³-hybridized carbons (Fsp3) is 0.600. The van der Waals surface area contributed by atoms with Crippen LogP contribution >= 0.6 is 0 Å². The molecule has 19 heavy (non-hydrogen) atoms. The maximum atomic E-state index is 6.06. The topological polar surface area (TPSA) is 53.7 Å². The van der Waals surface area contributed by atoms with E-state index >= 15 is 0 Å². The maximum Gasteiger partial charge on any atom is 0.165 e. The second-order valence-electron chi connectivity index (χ2n) is 5.55. The molecular weight excluding hydrogens is 242 g/mol. The highest BCUT2D eigenvalue weighted by Gasteiger charge is 2.22. The number of fused-ring (bicyclic) bond motifs is 1. The Hall–Kier alpha value is -1.58. The molecule has 0 bridgehead atoms. The van der Waals surface area contributed by atoms with Gasteiger partial charge in [-0.2, -0.15) is 0 Å². The second kappa shape index (κ2) is 5.19. The summed E-state index contributed by atoms with van der Waals surface area (Å²) in [7, 11) is 0. The zero-order valence-electron chi connectivity index (χ0n) is 11.4. The standard InChI is InChI=1S/C15H21NO3/c1-10-3-2-4-11(7-10)19-13-9-15-14(8-12(13)16)17-5-6-18-15/h8-11H,2-7,16H2,1H3. The quantitative estimate of drug-likeness (QED) is 0.833. The summed E-state index contributed by atoms with van der Waals surface area (Å²) in [6.07, 6.45) is 5.02. The Bertz CT molecular complexity index is 461. The van der Waals surface area contributed by atoms with Crippen LogP contribution < -0.4 is 19.9 Å². The SMILES string of the molecule is CC1CCCC(Oc2cc3c(cc2N)OCCO3)C1. The first-order valence-electron chi connectivity index (χ1n) is 7.08. The van der Waals surface area contributed by atoms with Gasteiger partial charge < -0.3 is 19.9 Å². The molecule has 2 atom stereocenters. The van der Waals surface area contributed by atoms with E-state index in [-0.39, 0.29) is 6.10 Å². The Morgan fingerprint density at radius 2 is 1.89 bits per heavy atom. The minimum Gasteiger partial charge on any atom is -0.488 e. The predicted octanol–water partition coefficient (Wildman–Crippen LogP) is 3.00. The van der Waals surface area contributed by atoms with Gasteiger partial charge in [0.25, 0.3) is 0 Å². The number of rotatable bonds is 2. The van der Waals surface area contributed by atoms with Gasteiger partial charge in [0.1, 0.15) is 19.0 Å². The normalized spacial score (nSPS) is 25.9. The molecule has 1 aromatic rings. The number of anilines is 1. The van der Waals surface area contributed by atoms with Crippen molar-refractivity contribution in [3.63, 3.8) is 0 Å². The smallest absolute Gasteiger partial charge is 0.165 e. The number of hydrogen-bond acceptors (Lipinski definition) is 4. The lowest BCUT2D eigenvalue weighted by atomic mass is 9.89. The Kier molecular flexibility index (Phi) is 3.40. The van der Waals surface area contributed by atoms with E-state index in [1.165, 1.54) is 12.8 Å². The number of hydrogen-bond donors (Lipinski definition) is 1. The number of benzene rings is 1. The van der Waals surface area contributed by atoms with E-state index in [1.54, 1.807) is 6.07 Å². The highest BCUT2D eigenvalue weighted by atomic mass is 16.6. The zero-order chi connectivity index (χ0) is 13.2. The molecule has 2 N–H and O–H groups in total. The van der Waals surface area contributed by atoms with E-state index in [0.717, 1.165) is 30.3 Å². The Balaban J connectivity index is 1.76. The van der Waals surface area contributed by atoms with Crippen LogP contribution in [0, 0.1) is 5.92 Å². The van der Waals surface area contributed by atoms with Gasteiger partial charge in [-0.3, -0.25) is 0 Å². The van der Waals surface area contributed by atoms with Crippen molar-refractivity contribution < 1.29 is 14.2 Å². The highest BCUT2D eigenvalue weighted by Crippen LogP contribution is 2.39. The van der Waals surface area contributed by atoms with E-state index in [9.17, 15) is 0 Å². The Labute approximate surface area is 113 Å². The van der Waals surface area contributed by atoms with Gasteiger partial charge >= 0.3 is 0 Å². The average molecular weight is 263 g/mol. The third kappa shape index (κ3) is 2.72. The van der Waals surface area contributed by atoms with Gasteiger partial charge in [-0.15, -0.1) is 0 Å². The van der Waals surface area contributed by atoms with Crippen molar-refractivity contribution in [1.82, 2.24) is 0 Å². The first kappa shape index (κ1) is 12.5. The lowest BCUT2D eigenvalue weighted by molar-refractivity contribution is 0.128. The zero-order valence-corrected chi connectivity index (χ0v) is 11.4. The molecule has 2 aliphatic rings. The molecule has 3 rings (SSSR count). The lowest BCUT2D eigenvalue weighted by Crippen LogP contribution is -2.24. The third-order valence-corrected chi connectivity index (χ3v) is 3.86. The van der Waals surface area contributed by atoms with E-state index in [1.807, 2.05) is 6.07 Å². The van der Waals surface area contributed by atoms with Crippen LogP contribution in [0.25, 0.3) is 0 Å². The molecule has 1 heterocycles. The van der Waals surface area contributed by atoms with Crippen molar-refractivity contribution in [2.75, 3.05) is 18.9 Å². The molecule has 0 amide bonds. The average Bonchev–Trinajstić information content (AvgIpc) is 2.40. The predicted molar refractivity (Wildman–Crippen MR) is 73.9 cm³/mol.